The number of halogens is 4. The summed E-state index contributed by atoms with van der Waals surface area (Å²) in [7, 11) is 0. The molecule has 7 nitrogen and oxygen atoms in total. The number of aryl methyl sites for hydroxylation is 1. The Balaban J connectivity index is 1.68. The number of hydrogen-bond acceptors (Lipinski definition) is 4. The van der Waals surface area contributed by atoms with Gasteiger partial charge < -0.3 is 0 Å². The van der Waals surface area contributed by atoms with Gasteiger partial charge in [-0.15, -0.1) is 5.10 Å². The molecular formula is C17H16ClF3N6O. The van der Waals surface area contributed by atoms with E-state index in [2.05, 4.69) is 20.5 Å². The average Bonchev–Trinajstić information content (AvgIpc) is 3.23. The van der Waals surface area contributed by atoms with Gasteiger partial charge in [-0.2, -0.15) is 5.10 Å². The zero-order valence-corrected chi connectivity index (χ0v) is 15.7. The minimum absolute atomic E-state index is 0.0361. The van der Waals surface area contributed by atoms with Crippen LogP contribution in [-0.2, 0) is 11.3 Å². The standard InChI is InChI=1S/C17H16ClF3N6O/c1-9-5-14(15(20)21)24-27(9)10(2)16(28)23-17-22-8-26(25-17)7-11-3-4-12(19)6-13(11)18/h3-6,8,10,15H,7H2,1-2H3,(H,23,25,28). The van der Waals surface area contributed by atoms with E-state index < -0.39 is 29.9 Å². The molecule has 0 aliphatic rings. The summed E-state index contributed by atoms with van der Waals surface area (Å²) in [6.45, 7) is 3.34. The Morgan fingerprint density at radius 3 is 2.68 bits per heavy atom. The van der Waals surface area contributed by atoms with Gasteiger partial charge in [0.15, 0.2) is 0 Å². The average molecular weight is 413 g/mol. The van der Waals surface area contributed by atoms with Gasteiger partial charge in [0, 0.05) is 10.7 Å². The molecule has 28 heavy (non-hydrogen) atoms. The maximum Gasteiger partial charge on any atom is 0.282 e. The van der Waals surface area contributed by atoms with Crippen molar-refractivity contribution in [3.63, 3.8) is 0 Å². The van der Waals surface area contributed by atoms with E-state index in [-0.39, 0.29) is 17.5 Å². The number of aromatic nitrogens is 5. The van der Waals surface area contributed by atoms with Crippen molar-refractivity contribution in [2.75, 3.05) is 5.32 Å². The maximum atomic E-state index is 13.1. The highest BCUT2D eigenvalue weighted by Gasteiger charge is 2.22. The van der Waals surface area contributed by atoms with Crippen LogP contribution in [0.15, 0.2) is 30.6 Å². The van der Waals surface area contributed by atoms with Crippen molar-refractivity contribution in [3.05, 3.63) is 58.4 Å². The number of amides is 1. The molecule has 1 amide bonds. The van der Waals surface area contributed by atoms with Gasteiger partial charge in [-0.25, -0.2) is 22.8 Å². The second-order valence-electron chi connectivity index (χ2n) is 6.12. The first-order valence-corrected chi connectivity index (χ1v) is 8.61. The molecule has 11 heteroatoms. The van der Waals surface area contributed by atoms with Crippen LogP contribution in [0.5, 0.6) is 0 Å². The molecule has 1 atom stereocenters. The first-order valence-electron chi connectivity index (χ1n) is 8.23. The Hall–Kier alpha value is -2.88. The van der Waals surface area contributed by atoms with Gasteiger partial charge in [-0.05, 0) is 37.6 Å². The molecule has 0 fully saturated rings. The third-order valence-electron chi connectivity index (χ3n) is 4.03. The van der Waals surface area contributed by atoms with E-state index in [1.807, 2.05) is 0 Å². The van der Waals surface area contributed by atoms with Crippen LogP contribution in [0.2, 0.25) is 5.02 Å². The Bertz CT molecular complexity index is 1000. The van der Waals surface area contributed by atoms with Gasteiger partial charge in [-0.1, -0.05) is 17.7 Å². The molecule has 0 spiro atoms. The monoisotopic (exact) mass is 412 g/mol. The summed E-state index contributed by atoms with van der Waals surface area (Å²) in [5, 5.41) is 10.6. The summed E-state index contributed by atoms with van der Waals surface area (Å²) in [5.74, 6) is -0.920. The Morgan fingerprint density at radius 1 is 1.29 bits per heavy atom. The number of hydrogen-bond donors (Lipinski definition) is 1. The van der Waals surface area contributed by atoms with Gasteiger partial charge >= 0.3 is 0 Å². The summed E-state index contributed by atoms with van der Waals surface area (Å²) < 4.78 is 41.3. The lowest BCUT2D eigenvalue weighted by Gasteiger charge is -2.12. The molecule has 0 bridgehead atoms. The zero-order chi connectivity index (χ0) is 20.4. The van der Waals surface area contributed by atoms with Crippen molar-refractivity contribution in [1.29, 1.82) is 0 Å². The van der Waals surface area contributed by atoms with Gasteiger partial charge in [0.25, 0.3) is 12.3 Å². The fourth-order valence-electron chi connectivity index (χ4n) is 2.59. The molecule has 2 aromatic heterocycles. The highest BCUT2D eigenvalue weighted by molar-refractivity contribution is 6.31. The van der Waals surface area contributed by atoms with Crippen molar-refractivity contribution in [2.24, 2.45) is 0 Å². The van der Waals surface area contributed by atoms with Gasteiger partial charge in [-0.3, -0.25) is 14.8 Å². The lowest BCUT2D eigenvalue weighted by Crippen LogP contribution is -2.26. The van der Waals surface area contributed by atoms with Crippen molar-refractivity contribution >= 4 is 23.5 Å². The molecule has 3 aromatic rings. The molecule has 0 saturated heterocycles. The summed E-state index contributed by atoms with van der Waals surface area (Å²) in [6, 6.07) is 4.39. The van der Waals surface area contributed by atoms with Crippen LogP contribution < -0.4 is 5.32 Å². The number of nitrogens with zero attached hydrogens (tertiary/aromatic N) is 5. The SMILES string of the molecule is Cc1cc(C(F)F)nn1C(C)C(=O)Nc1ncn(Cc2ccc(F)cc2Cl)n1. The lowest BCUT2D eigenvalue weighted by molar-refractivity contribution is -0.119. The fourth-order valence-corrected chi connectivity index (χ4v) is 2.82. The smallest absolute Gasteiger partial charge is 0.282 e. The van der Waals surface area contributed by atoms with E-state index >= 15 is 0 Å². The highest BCUT2D eigenvalue weighted by atomic mass is 35.5. The highest BCUT2D eigenvalue weighted by Crippen LogP contribution is 2.21. The molecule has 1 aromatic carbocycles. The van der Waals surface area contributed by atoms with Gasteiger partial charge in [0.2, 0.25) is 5.95 Å². The Morgan fingerprint density at radius 2 is 2.04 bits per heavy atom. The summed E-state index contributed by atoms with van der Waals surface area (Å²) in [4.78, 5) is 16.4. The molecule has 1 N–H and O–H groups in total. The Labute approximate surface area is 163 Å². The zero-order valence-electron chi connectivity index (χ0n) is 14.9. The lowest BCUT2D eigenvalue weighted by atomic mass is 10.2. The molecule has 0 aliphatic heterocycles. The van der Waals surface area contributed by atoms with E-state index in [1.54, 1.807) is 6.92 Å². The van der Waals surface area contributed by atoms with Crippen molar-refractivity contribution in [1.82, 2.24) is 24.5 Å². The minimum Gasteiger partial charge on any atom is -0.291 e. The molecule has 3 rings (SSSR count). The number of anilines is 1. The van der Waals surface area contributed by atoms with Crippen LogP contribution in [0, 0.1) is 12.7 Å². The third-order valence-corrected chi connectivity index (χ3v) is 4.38. The van der Waals surface area contributed by atoms with E-state index in [9.17, 15) is 18.0 Å². The number of benzene rings is 1. The number of nitrogens with one attached hydrogen (secondary N) is 1. The topological polar surface area (TPSA) is 77.6 Å². The second kappa shape index (κ2) is 8.01. The fraction of sp³-hybridized carbons (Fsp3) is 0.294. The number of alkyl halides is 2. The van der Waals surface area contributed by atoms with Gasteiger partial charge in [0.1, 0.15) is 23.9 Å². The van der Waals surface area contributed by atoms with E-state index in [0.717, 1.165) is 0 Å². The molecule has 0 radical (unpaired) electrons. The normalized spacial score (nSPS) is 12.4. The Kier molecular flexibility index (Phi) is 5.68. The summed E-state index contributed by atoms with van der Waals surface area (Å²) in [5.41, 5.74) is 0.670. The van der Waals surface area contributed by atoms with Crippen LogP contribution in [-0.4, -0.2) is 30.5 Å². The molecule has 1 unspecified atom stereocenters. The first kappa shape index (κ1) is 19.9. The molecule has 148 valence electrons. The molecule has 0 aliphatic carbocycles. The number of carbonyl (C=O) groups excluding carboxylic acids is 1. The van der Waals surface area contributed by atoms with Crippen molar-refractivity contribution in [2.45, 2.75) is 32.9 Å². The summed E-state index contributed by atoms with van der Waals surface area (Å²) >= 11 is 5.98. The predicted octanol–water partition coefficient (Wildman–Crippen LogP) is 3.76. The van der Waals surface area contributed by atoms with Gasteiger partial charge in [0.05, 0.1) is 6.54 Å². The van der Waals surface area contributed by atoms with E-state index in [4.69, 9.17) is 11.6 Å². The van der Waals surface area contributed by atoms with Crippen molar-refractivity contribution in [3.8, 4) is 0 Å². The number of carbonyl (C=O) groups is 1. The van der Waals surface area contributed by atoms with Crippen LogP contribution >= 0.6 is 11.6 Å². The molecular weight excluding hydrogens is 397 g/mol. The quantitative estimate of drug-likeness (QED) is 0.668. The van der Waals surface area contributed by atoms with E-state index in [1.165, 1.54) is 46.9 Å². The third kappa shape index (κ3) is 4.33. The molecule has 0 saturated carbocycles. The molecule has 2 heterocycles. The van der Waals surface area contributed by atoms with E-state index in [0.29, 0.717) is 11.3 Å². The second-order valence-corrected chi connectivity index (χ2v) is 6.53. The van der Waals surface area contributed by atoms with Crippen LogP contribution in [0.4, 0.5) is 19.1 Å². The number of rotatable bonds is 6. The van der Waals surface area contributed by atoms with Crippen LogP contribution in [0.3, 0.4) is 0 Å². The predicted molar refractivity (Wildman–Crippen MR) is 95.8 cm³/mol. The maximum absolute atomic E-state index is 13.1. The minimum atomic E-state index is -2.72. The summed E-state index contributed by atoms with van der Waals surface area (Å²) in [6.07, 6.45) is -1.33. The first-order chi connectivity index (χ1) is 13.2. The van der Waals surface area contributed by atoms with Crippen molar-refractivity contribution < 1.29 is 18.0 Å². The van der Waals surface area contributed by atoms with Crippen LogP contribution in [0.1, 0.15) is 36.3 Å². The van der Waals surface area contributed by atoms with Crippen LogP contribution in [0.25, 0.3) is 0 Å². The largest absolute Gasteiger partial charge is 0.291 e.